The summed E-state index contributed by atoms with van der Waals surface area (Å²) >= 11 is 6.18. The number of amides is 1. The summed E-state index contributed by atoms with van der Waals surface area (Å²) in [6.45, 7) is 0. The average molecular weight is 517 g/mol. The Hall–Kier alpha value is -4.18. The summed E-state index contributed by atoms with van der Waals surface area (Å²) < 4.78 is 17.0. The predicted octanol–water partition coefficient (Wildman–Crippen LogP) is 4.98. The van der Waals surface area contributed by atoms with E-state index in [4.69, 9.17) is 16.6 Å². The first-order valence-electron chi connectivity index (χ1n) is 12.0. The molecule has 11 heteroatoms. The van der Waals surface area contributed by atoms with Gasteiger partial charge in [0.15, 0.2) is 5.82 Å². The number of halogens is 2. The number of H-pyrrole nitrogens is 1. The van der Waals surface area contributed by atoms with Crippen LogP contribution in [-0.4, -0.2) is 46.6 Å². The number of imidazole rings is 1. The van der Waals surface area contributed by atoms with Crippen molar-refractivity contribution in [2.75, 3.05) is 0 Å². The maximum atomic E-state index is 15.0. The van der Waals surface area contributed by atoms with Crippen LogP contribution in [0.3, 0.4) is 0 Å². The van der Waals surface area contributed by atoms with Crippen molar-refractivity contribution < 1.29 is 9.18 Å². The monoisotopic (exact) mass is 516 g/mol. The molecule has 0 radical (unpaired) electrons. The molecule has 5 aromatic rings. The Balaban J connectivity index is 1.40. The van der Waals surface area contributed by atoms with Crippen LogP contribution in [0.25, 0.3) is 33.9 Å². The highest BCUT2D eigenvalue weighted by Crippen LogP contribution is 2.37. The number of fused-ring (bicyclic) bond motifs is 1. The van der Waals surface area contributed by atoms with Gasteiger partial charge in [-0.1, -0.05) is 23.7 Å². The first-order chi connectivity index (χ1) is 18.1. The van der Waals surface area contributed by atoms with Crippen molar-refractivity contribution in [3.05, 3.63) is 77.7 Å². The highest BCUT2D eigenvalue weighted by Gasteiger charge is 2.29. The number of pyridine rings is 2. The van der Waals surface area contributed by atoms with Gasteiger partial charge in [0.25, 0.3) is 5.91 Å². The maximum absolute atomic E-state index is 15.0. The van der Waals surface area contributed by atoms with E-state index in [-0.39, 0.29) is 29.5 Å². The number of benzene rings is 1. The van der Waals surface area contributed by atoms with Gasteiger partial charge in [-0.15, -0.1) is 0 Å². The fraction of sp³-hybridized carbons (Fsp3) is 0.231. The average Bonchev–Trinajstić information content (AvgIpc) is 3.57. The molecule has 37 heavy (non-hydrogen) atoms. The smallest absolute Gasteiger partial charge is 0.271 e. The number of aromatic nitrogens is 7. The largest absolute Gasteiger partial charge is 0.348 e. The van der Waals surface area contributed by atoms with Crippen molar-refractivity contribution in [1.29, 1.82) is 0 Å². The van der Waals surface area contributed by atoms with Crippen molar-refractivity contribution in [2.45, 2.75) is 37.8 Å². The molecule has 9 nitrogen and oxygen atoms in total. The number of aromatic amines is 1. The lowest BCUT2D eigenvalue weighted by Gasteiger charge is -2.32. The zero-order valence-electron chi connectivity index (χ0n) is 19.6. The highest BCUT2D eigenvalue weighted by molar-refractivity contribution is 6.33. The number of carbonyl (C=O) groups excluding carboxylic acids is 1. The van der Waals surface area contributed by atoms with Crippen molar-refractivity contribution in [2.24, 2.45) is 0 Å². The molecular weight excluding hydrogens is 495 g/mol. The Bertz CT molecular complexity index is 1590. The summed E-state index contributed by atoms with van der Waals surface area (Å²) in [4.78, 5) is 30.5. The van der Waals surface area contributed by atoms with E-state index >= 15 is 0 Å². The second-order valence-electron chi connectivity index (χ2n) is 9.00. The minimum Gasteiger partial charge on any atom is -0.348 e. The number of hydrogen-bond donors (Lipinski definition) is 2. The van der Waals surface area contributed by atoms with E-state index in [0.717, 1.165) is 24.8 Å². The molecule has 186 valence electrons. The van der Waals surface area contributed by atoms with Crippen LogP contribution in [0.1, 0.15) is 42.2 Å². The molecule has 4 heterocycles. The summed E-state index contributed by atoms with van der Waals surface area (Å²) in [5.74, 6) is 0.392. The number of rotatable bonds is 5. The van der Waals surface area contributed by atoms with Gasteiger partial charge in [0.1, 0.15) is 34.9 Å². The maximum Gasteiger partial charge on any atom is 0.271 e. The summed E-state index contributed by atoms with van der Waals surface area (Å²) in [5, 5.41) is 10.2. The normalized spacial score (nSPS) is 17.7. The van der Waals surface area contributed by atoms with Gasteiger partial charge in [-0.3, -0.25) is 14.9 Å². The third-order valence-corrected chi connectivity index (χ3v) is 6.97. The lowest BCUT2D eigenvalue weighted by Crippen LogP contribution is -2.39. The van der Waals surface area contributed by atoms with Crippen molar-refractivity contribution in [1.82, 2.24) is 40.0 Å². The van der Waals surface area contributed by atoms with Crippen LogP contribution in [0, 0.1) is 5.82 Å². The first-order valence-corrected chi connectivity index (χ1v) is 12.4. The number of nitrogens with zero attached hydrogens (tertiary/aromatic N) is 6. The summed E-state index contributed by atoms with van der Waals surface area (Å²) in [5.41, 5.74) is 2.68. The van der Waals surface area contributed by atoms with Gasteiger partial charge in [-0.05, 0) is 56.0 Å². The fourth-order valence-electron chi connectivity index (χ4n) is 5.00. The quantitative estimate of drug-likeness (QED) is 0.340. The number of carbonyl (C=O) groups is 1. The van der Waals surface area contributed by atoms with Crippen LogP contribution in [0.2, 0.25) is 5.02 Å². The lowest BCUT2D eigenvalue weighted by molar-refractivity contribution is 0.0916. The zero-order chi connectivity index (χ0) is 25.4. The molecule has 2 N–H and O–H groups in total. The van der Waals surface area contributed by atoms with Crippen molar-refractivity contribution in [3.8, 4) is 22.9 Å². The van der Waals surface area contributed by atoms with E-state index in [1.165, 1.54) is 12.4 Å². The Morgan fingerprint density at radius 2 is 2.03 bits per heavy atom. The lowest BCUT2D eigenvalue weighted by atomic mass is 9.90. The minimum absolute atomic E-state index is 0.0390. The third-order valence-electron chi connectivity index (χ3n) is 6.67. The minimum atomic E-state index is -0.354. The Morgan fingerprint density at radius 3 is 2.84 bits per heavy atom. The van der Waals surface area contributed by atoms with E-state index < -0.39 is 0 Å². The fourth-order valence-corrected chi connectivity index (χ4v) is 5.20. The molecule has 4 aromatic heterocycles. The van der Waals surface area contributed by atoms with Crippen LogP contribution in [0.4, 0.5) is 4.39 Å². The van der Waals surface area contributed by atoms with E-state index in [9.17, 15) is 9.18 Å². The van der Waals surface area contributed by atoms with Gasteiger partial charge in [-0.2, -0.15) is 5.10 Å². The summed E-state index contributed by atoms with van der Waals surface area (Å²) in [6, 6.07) is 11.7. The Kier molecular flexibility index (Phi) is 6.09. The third kappa shape index (κ3) is 4.44. The summed E-state index contributed by atoms with van der Waals surface area (Å²) in [7, 11) is 0. The van der Waals surface area contributed by atoms with Gasteiger partial charge < -0.3 is 9.88 Å². The van der Waals surface area contributed by atoms with Crippen LogP contribution in [0.5, 0.6) is 0 Å². The predicted molar refractivity (Wildman–Crippen MR) is 136 cm³/mol. The molecule has 0 bridgehead atoms. The molecule has 1 amide bonds. The van der Waals surface area contributed by atoms with Gasteiger partial charge in [-0.25, -0.2) is 19.3 Å². The van der Waals surface area contributed by atoms with E-state index in [2.05, 4.69) is 35.0 Å². The van der Waals surface area contributed by atoms with Gasteiger partial charge in [0.05, 0.1) is 22.3 Å². The Labute approximate surface area is 216 Å². The van der Waals surface area contributed by atoms with E-state index in [1.54, 1.807) is 42.7 Å². The summed E-state index contributed by atoms with van der Waals surface area (Å²) in [6.07, 6.45) is 7.82. The number of hydrogen-bond acceptors (Lipinski definition) is 6. The molecule has 0 saturated heterocycles. The van der Waals surface area contributed by atoms with Crippen molar-refractivity contribution >= 4 is 28.5 Å². The van der Waals surface area contributed by atoms with E-state index in [0.29, 0.717) is 39.9 Å². The topological polar surface area (TPSA) is 114 Å². The molecule has 1 aliphatic carbocycles. The van der Waals surface area contributed by atoms with Crippen LogP contribution >= 0.6 is 11.6 Å². The Morgan fingerprint density at radius 1 is 1.14 bits per heavy atom. The number of nitrogens with one attached hydrogen (secondary N) is 2. The molecule has 0 unspecified atom stereocenters. The second kappa shape index (κ2) is 9.70. The molecule has 1 aliphatic rings. The first kappa shape index (κ1) is 23.2. The highest BCUT2D eigenvalue weighted by atomic mass is 35.5. The molecule has 1 aromatic carbocycles. The molecule has 6 rings (SSSR count). The van der Waals surface area contributed by atoms with Gasteiger partial charge in [0, 0.05) is 18.3 Å². The standard InChI is InChI=1S/C26H22ClFN8O/c27-18-8-4-10-29-23(18)26(37)33-15-5-3-6-16(11-15)36-22-12-20(24-31-14-32-35-24)30-13-21(22)34-25(36)17-7-1-2-9-19(17)28/h1-2,4,7-10,12-16H,3,5-6,11H2,(H,33,37)(H,31,32,35)/t15-,16+/m0/s1. The van der Waals surface area contributed by atoms with Gasteiger partial charge >= 0.3 is 0 Å². The van der Waals surface area contributed by atoms with Crippen LogP contribution < -0.4 is 5.32 Å². The van der Waals surface area contributed by atoms with Crippen LogP contribution in [0.15, 0.2) is 61.2 Å². The molecule has 1 saturated carbocycles. The zero-order valence-corrected chi connectivity index (χ0v) is 20.4. The van der Waals surface area contributed by atoms with Crippen molar-refractivity contribution in [3.63, 3.8) is 0 Å². The molecular formula is C26H22ClFN8O. The van der Waals surface area contributed by atoms with Gasteiger partial charge in [0.2, 0.25) is 0 Å². The molecule has 1 fully saturated rings. The molecule has 0 spiro atoms. The van der Waals surface area contributed by atoms with E-state index in [1.807, 2.05) is 6.07 Å². The molecule has 0 aliphatic heterocycles. The second-order valence-corrected chi connectivity index (χ2v) is 9.41. The van der Waals surface area contributed by atoms with Crippen LogP contribution in [-0.2, 0) is 0 Å². The SMILES string of the molecule is O=C(N[C@H]1CCC[C@@H](n2c(-c3ccccc3F)nc3cnc(-c4ncn[nH]4)cc32)C1)c1ncccc1Cl. The molecule has 2 atom stereocenters.